The summed E-state index contributed by atoms with van der Waals surface area (Å²) in [5.41, 5.74) is 3.15. The highest BCUT2D eigenvalue weighted by molar-refractivity contribution is 8.14. The number of amides is 3. The van der Waals surface area contributed by atoms with Gasteiger partial charge in [0, 0.05) is 17.7 Å². The number of anilines is 1. The zero-order valence-electron chi connectivity index (χ0n) is 20.1. The number of amidine groups is 2. The molecule has 0 aliphatic carbocycles. The smallest absolute Gasteiger partial charge is 0.270 e. The Kier molecular flexibility index (Phi) is 7.18. The van der Waals surface area contributed by atoms with Gasteiger partial charge in [0.1, 0.15) is 17.6 Å². The molecule has 1 aromatic heterocycles. The van der Waals surface area contributed by atoms with Gasteiger partial charge in [-0.3, -0.25) is 19.3 Å². The Morgan fingerprint density at radius 1 is 1.03 bits per heavy atom. The van der Waals surface area contributed by atoms with E-state index in [9.17, 15) is 14.4 Å². The lowest BCUT2D eigenvalue weighted by molar-refractivity contribution is -0.122. The van der Waals surface area contributed by atoms with E-state index in [2.05, 4.69) is 15.6 Å². The fourth-order valence-corrected chi connectivity index (χ4v) is 5.01. The van der Waals surface area contributed by atoms with Crippen molar-refractivity contribution >= 4 is 51.9 Å². The molecule has 10 heteroatoms. The van der Waals surface area contributed by atoms with Crippen LogP contribution in [0.3, 0.4) is 0 Å². The Morgan fingerprint density at radius 3 is 2.65 bits per heavy atom. The van der Waals surface area contributed by atoms with E-state index in [1.54, 1.807) is 23.3 Å². The normalized spacial score (nSPS) is 16.0. The number of para-hydroxylation sites is 2. The molecule has 188 valence electrons. The Balaban J connectivity index is 1.29. The van der Waals surface area contributed by atoms with E-state index in [1.165, 1.54) is 11.8 Å². The van der Waals surface area contributed by atoms with Crippen molar-refractivity contribution in [2.24, 2.45) is 9.98 Å². The summed E-state index contributed by atoms with van der Waals surface area (Å²) < 4.78 is 5.24. The lowest BCUT2D eigenvalue weighted by Gasteiger charge is -2.31. The highest BCUT2D eigenvalue weighted by atomic mass is 32.2. The SMILES string of the molecule is Cc1ccccc1NC(=O)CSC1=Nc2ccccc2C2=NC(=O)C(CCC(=O)NCc3ccco3)N12. The van der Waals surface area contributed by atoms with E-state index in [-0.39, 0.29) is 42.9 Å². The van der Waals surface area contributed by atoms with Crippen molar-refractivity contribution in [3.8, 4) is 0 Å². The van der Waals surface area contributed by atoms with Crippen LogP contribution >= 0.6 is 11.8 Å². The Labute approximate surface area is 218 Å². The topological polar surface area (TPSA) is 116 Å². The van der Waals surface area contributed by atoms with E-state index in [1.807, 2.05) is 55.5 Å². The number of hydrogen-bond donors (Lipinski definition) is 2. The fraction of sp³-hybridized carbons (Fsp3) is 0.222. The third-order valence-corrected chi connectivity index (χ3v) is 7.00. The molecule has 0 saturated heterocycles. The molecule has 0 radical (unpaired) electrons. The van der Waals surface area contributed by atoms with Crippen LogP contribution in [0.5, 0.6) is 0 Å². The minimum absolute atomic E-state index is 0.101. The molecule has 1 atom stereocenters. The van der Waals surface area contributed by atoms with Crippen LogP contribution < -0.4 is 10.6 Å². The van der Waals surface area contributed by atoms with Crippen molar-refractivity contribution in [1.29, 1.82) is 0 Å². The van der Waals surface area contributed by atoms with Crippen LogP contribution in [-0.2, 0) is 20.9 Å². The van der Waals surface area contributed by atoms with Crippen LogP contribution in [0.2, 0.25) is 0 Å². The summed E-state index contributed by atoms with van der Waals surface area (Å²) in [6.45, 7) is 2.21. The molecular weight excluding hydrogens is 490 g/mol. The molecular formula is C27H25N5O4S. The van der Waals surface area contributed by atoms with Crippen LogP contribution in [0.25, 0.3) is 0 Å². The maximum Gasteiger partial charge on any atom is 0.270 e. The lowest BCUT2D eigenvalue weighted by Crippen LogP contribution is -2.44. The van der Waals surface area contributed by atoms with Crippen LogP contribution in [0.1, 0.15) is 29.7 Å². The largest absolute Gasteiger partial charge is 0.467 e. The molecule has 0 saturated carbocycles. The summed E-state index contributed by atoms with van der Waals surface area (Å²) in [7, 11) is 0. The van der Waals surface area contributed by atoms with Crippen molar-refractivity contribution in [2.45, 2.75) is 32.4 Å². The van der Waals surface area contributed by atoms with Gasteiger partial charge in [-0.2, -0.15) is 4.99 Å². The molecule has 0 bridgehead atoms. The van der Waals surface area contributed by atoms with E-state index in [0.717, 1.165) is 16.8 Å². The molecule has 3 heterocycles. The number of furan rings is 1. The third kappa shape index (κ3) is 5.49. The van der Waals surface area contributed by atoms with Crippen LogP contribution in [0.15, 0.2) is 81.3 Å². The summed E-state index contributed by atoms with van der Waals surface area (Å²) in [5.74, 6) is 0.543. The van der Waals surface area contributed by atoms with Gasteiger partial charge in [-0.25, -0.2) is 4.99 Å². The Morgan fingerprint density at radius 2 is 1.84 bits per heavy atom. The number of carbonyl (C=O) groups excluding carboxylic acids is 3. The number of fused-ring (bicyclic) bond motifs is 3. The summed E-state index contributed by atoms with van der Waals surface area (Å²) >= 11 is 1.24. The predicted molar refractivity (Wildman–Crippen MR) is 143 cm³/mol. The highest BCUT2D eigenvalue weighted by Gasteiger charge is 2.41. The number of nitrogens with zero attached hydrogens (tertiary/aromatic N) is 3. The standard InChI is InChI=1S/C27H25N5O4S/c1-17-7-2-4-10-20(17)29-24(34)16-37-27-30-21-11-5-3-9-19(21)25-31-26(35)22(32(25)27)12-13-23(33)28-15-18-8-6-14-36-18/h2-11,14,22H,12-13,15-16H2,1H3,(H,28,33)(H,29,34). The molecule has 3 amide bonds. The number of hydrogen-bond acceptors (Lipinski definition) is 7. The molecule has 2 aliphatic rings. The van der Waals surface area contributed by atoms with Gasteiger partial charge in [-0.05, 0) is 49.2 Å². The van der Waals surface area contributed by atoms with Gasteiger partial charge in [0.2, 0.25) is 11.8 Å². The van der Waals surface area contributed by atoms with Gasteiger partial charge in [-0.1, -0.05) is 42.1 Å². The third-order valence-electron chi connectivity index (χ3n) is 6.04. The van der Waals surface area contributed by atoms with Crippen molar-refractivity contribution in [1.82, 2.24) is 10.2 Å². The van der Waals surface area contributed by atoms with Gasteiger partial charge < -0.3 is 15.1 Å². The van der Waals surface area contributed by atoms with Gasteiger partial charge in [0.05, 0.1) is 24.2 Å². The van der Waals surface area contributed by atoms with E-state index >= 15 is 0 Å². The molecule has 2 N–H and O–H groups in total. The number of thioether (sulfide) groups is 1. The van der Waals surface area contributed by atoms with Gasteiger partial charge in [0.25, 0.3) is 5.91 Å². The molecule has 0 spiro atoms. The van der Waals surface area contributed by atoms with Crippen molar-refractivity contribution in [2.75, 3.05) is 11.1 Å². The number of aryl methyl sites for hydroxylation is 1. The van der Waals surface area contributed by atoms with Crippen molar-refractivity contribution < 1.29 is 18.8 Å². The van der Waals surface area contributed by atoms with Crippen LogP contribution in [0, 0.1) is 6.92 Å². The lowest BCUT2D eigenvalue weighted by atomic mass is 10.1. The van der Waals surface area contributed by atoms with E-state index in [0.29, 0.717) is 22.5 Å². The van der Waals surface area contributed by atoms with Gasteiger partial charge in [0.15, 0.2) is 5.17 Å². The highest BCUT2D eigenvalue weighted by Crippen LogP contribution is 2.35. The molecule has 2 aliphatic heterocycles. The Bertz CT molecular complexity index is 1400. The summed E-state index contributed by atoms with van der Waals surface area (Å²) in [4.78, 5) is 48.9. The minimum atomic E-state index is -0.677. The molecule has 2 aromatic carbocycles. The second-order valence-corrected chi connectivity index (χ2v) is 9.56. The molecule has 3 aromatic rings. The minimum Gasteiger partial charge on any atom is -0.467 e. The van der Waals surface area contributed by atoms with Gasteiger partial charge >= 0.3 is 0 Å². The average Bonchev–Trinajstić information content (AvgIpc) is 3.54. The van der Waals surface area contributed by atoms with Crippen molar-refractivity contribution in [3.05, 3.63) is 83.8 Å². The zero-order chi connectivity index (χ0) is 25.8. The first-order chi connectivity index (χ1) is 18.0. The molecule has 1 unspecified atom stereocenters. The number of rotatable bonds is 8. The van der Waals surface area contributed by atoms with Crippen molar-refractivity contribution in [3.63, 3.8) is 0 Å². The molecule has 37 heavy (non-hydrogen) atoms. The predicted octanol–water partition coefficient (Wildman–Crippen LogP) is 4.02. The zero-order valence-corrected chi connectivity index (χ0v) is 21.0. The van der Waals surface area contributed by atoms with E-state index < -0.39 is 6.04 Å². The molecule has 5 rings (SSSR count). The second kappa shape index (κ2) is 10.8. The first-order valence-corrected chi connectivity index (χ1v) is 12.9. The molecule has 0 fully saturated rings. The maximum atomic E-state index is 13.0. The first kappa shape index (κ1) is 24.5. The maximum absolute atomic E-state index is 13.0. The monoisotopic (exact) mass is 515 g/mol. The summed E-state index contributed by atoms with van der Waals surface area (Å²) in [6, 6.07) is 17.9. The van der Waals surface area contributed by atoms with Gasteiger partial charge in [-0.15, -0.1) is 0 Å². The molecule has 9 nitrogen and oxygen atoms in total. The quantitative estimate of drug-likeness (QED) is 0.468. The van der Waals surface area contributed by atoms with E-state index in [4.69, 9.17) is 9.41 Å². The first-order valence-electron chi connectivity index (χ1n) is 11.9. The van der Waals surface area contributed by atoms with Crippen LogP contribution in [-0.4, -0.2) is 45.4 Å². The summed E-state index contributed by atoms with van der Waals surface area (Å²) in [5, 5.41) is 6.23. The summed E-state index contributed by atoms with van der Waals surface area (Å²) in [6.07, 6.45) is 1.93. The fourth-order valence-electron chi connectivity index (χ4n) is 4.16. The Hall–Kier alpha value is -4.18. The number of carbonyl (C=O) groups is 3. The van der Waals surface area contributed by atoms with Crippen LogP contribution in [0.4, 0.5) is 11.4 Å². The number of nitrogens with one attached hydrogen (secondary N) is 2. The number of aliphatic imine (C=N–C) groups is 2. The second-order valence-electron chi connectivity index (χ2n) is 8.62. The average molecular weight is 516 g/mol. The number of benzene rings is 2.